The highest BCUT2D eigenvalue weighted by atomic mass is 32.2. The summed E-state index contributed by atoms with van der Waals surface area (Å²) in [6.45, 7) is 0.0928. The van der Waals surface area contributed by atoms with E-state index in [9.17, 15) is 23.1 Å². The predicted octanol–water partition coefficient (Wildman–Crippen LogP) is 0.416. The van der Waals surface area contributed by atoms with Gasteiger partial charge in [0, 0.05) is 12.6 Å². The highest BCUT2D eigenvalue weighted by molar-refractivity contribution is 7.88. The average molecular weight is 332 g/mol. The fraction of sp³-hybridized carbons (Fsp3) is 0.857. The van der Waals surface area contributed by atoms with E-state index >= 15 is 0 Å². The molecule has 4 atom stereocenters. The van der Waals surface area contributed by atoms with E-state index in [-0.39, 0.29) is 12.6 Å². The van der Waals surface area contributed by atoms with Gasteiger partial charge in [0.2, 0.25) is 16.4 Å². The molecule has 1 amide bonds. The number of amides is 1. The van der Waals surface area contributed by atoms with Crippen molar-refractivity contribution in [1.82, 2.24) is 9.62 Å². The minimum atomic E-state index is -3.55. The number of piperidine rings is 1. The summed E-state index contributed by atoms with van der Waals surface area (Å²) in [7, 11) is -3.55. The number of hydrogen-bond donors (Lipinski definition) is 2. The zero-order chi connectivity index (χ0) is 16.3. The molecule has 7 nitrogen and oxygen atoms in total. The van der Waals surface area contributed by atoms with Crippen molar-refractivity contribution < 1.29 is 23.1 Å². The molecular formula is C14H24N2O5S. The minimum Gasteiger partial charge on any atom is -0.480 e. The second-order valence-electron chi connectivity index (χ2n) is 6.38. The van der Waals surface area contributed by atoms with Crippen LogP contribution < -0.4 is 5.32 Å². The molecule has 22 heavy (non-hydrogen) atoms. The molecule has 0 aromatic heterocycles. The molecule has 2 aliphatic rings. The summed E-state index contributed by atoms with van der Waals surface area (Å²) < 4.78 is 23.7. The monoisotopic (exact) mass is 332 g/mol. The van der Waals surface area contributed by atoms with Crippen molar-refractivity contribution >= 4 is 22.4 Å². The normalized spacial score (nSPS) is 32.0. The van der Waals surface area contributed by atoms with Crippen LogP contribution in [0.4, 0.5) is 0 Å². The Kier molecular flexibility index (Phi) is 5.44. The maximum absolute atomic E-state index is 11.5. The number of rotatable bonds is 6. The molecule has 1 aliphatic carbocycles. The van der Waals surface area contributed by atoms with E-state index in [1.54, 1.807) is 0 Å². The molecule has 8 heteroatoms. The van der Waals surface area contributed by atoms with Crippen molar-refractivity contribution in [2.24, 2.45) is 11.8 Å². The van der Waals surface area contributed by atoms with E-state index in [4.69, 9.17) is 0 Å². The number of nitrogens with zero attached hydrogens (tertiary/aromatic N) is 1. The van der Waals surface area contributed by atoms with Gasteiger partial charge in [-0.2, -0.15) is 0 Å². The number of fused-ring (bicyclic) bond motifs is 1. The van der Waals surface area contributed by atoms with Gasteiger partial charge in [0.05, 0.1) is 6.26 Å². The van der Waals surface area contributed by atoms with Crippen LogP contribution in [0.15, 0.2) is 0 Å². The number of carboxylic acids is 1. The van der Waals surface area contributed by atoms with E-state index < -0.39 is 22.0 Å². The second-order valence-corrected chi connectivity index (χ2v) is 8.31. The third-order valence-corrected chi connectivity index (χ3v) is 6.06. The van der Waals surface area contributed by atoms with Crippen LogP contribution in [-0.4, -0.2) is 55.1 Å². The third kappa shape index (κ3) is 3.98. The predicted molar refractivity (Wildman–Crippen MR) is 80.6 cm³/mol. The number of aliphatic carboxylic acids is 1. The lowest BCUT2D eigenvalue weighted by Crippen LogP contribution is -2.56. The molecule has 1 saturated heterocycles. The Hall–Kier alpha value is -1.15. The molecule has 0 radical (unpaired) electrons. The molecule has 2 N–H and O–H groups in total. The molecule has 2 rings (SSSR count). The molecule has 4 unspecified atom stereocenters. The molecule has 1 aliphatic heterocycles. The minimum absolute atomic E-state index is 0.0515. The third-order valence-electron chi connectivity index (χ3n) is 4.94. The molecule has 1 heterocycles. The van der Waals surface area contributed by atoms with E-state index in [0.29, 0.717) is 31.1 Å². The van der Waals surface area contributed by atoms with Gasteiger partial charge in [-0.15, -0.1) is 0 Å². The summed E-state index contributed by atoms with van der Waals surface area (Å²) >= 11 is 0. The standard InChI is InChI=1S/C14H24N2O5S/c1-22(20,21)16(9-17)7-6-12-11-5-3-2-4-10(11)8-13(15-12)14(18)19/h9-13,15H,2-8H2,1H3,(H,18,19). The Morgan fingerprint density at radius 3 is 2.64 bits per heavy atom. The van der Waals surface area contributed by atoms with Crippen molar-refractivity contribution in [3.05, 3.63) is 0 Å². The zero-order valence-electron chi connectivity index (χ0n) is 12.8. The van der Waals surface area contributed by atoms with Gasteiger partial charge in [-0.25, -0.2) is 12.7 Å². The summed E-state index contributed by atoms with van der Waals surface area (Å²) in [6, 6.07) is -0.628. The first kappa shape index (κ1) is 17.2. The van der Waals surface area contributed by atoms with Gasteiger partial charge in [0.25, 0.3) is 0 Å². The molecule has 0 aromatic rings. The number of carbonyl (C=O) groups is 2. The second kappa shape index (κ2) is 6.95. The van der Waals surface area contributed by atoms with Crippen LogP contribution in [0.3, 0.4) is 0 Å². The van der Waals surface area contributed by atoms with Gasteiger partial charge >= 0.3 is 5.97 Å². The molecule has 0 bridgehead atoms. The van der Waals surface area contributed by atoms with Gasteiger partial charge in [-0.05, 0) is 31.1 Å². The molecule has 0 aromatic carbocycles. The summed E-state index contributed by atoms with van der Waals surface area (Å²) in [5.74, 6) is -0.106. The fourth-order valence-corrected chi connectivity index (χ4v) is 4.44. The van der Waals surface area contributed by atoms with Crippen molar-refractivity contribution in [3.63, 3.8) is 0 Å². The van der Waals surface area contributed by atoms with Crippen LogP contribution in [0, 0.1) is 11.8 Å². The Morgan fingerprint density at radius 1 is 1.36 bits per heavy atom. The van der Waals surface area contributed by atoms with Crippen LogP contribution in [0.5, 0.6) is 0 Å². The number of sulfonamides is 1. The maximum atomic E-state index is 11.5. The lowest BCUT2D eigenvalue weighted by Gasteiger charge is -2.44. The van der Waals surface area contributed by atoms with Crippen LogP contribution in [0.25, 0.3) is 0 Å². The highest BCUT2D eigenvalue weighted by Gasteiger charge is 2.40. The summed E-state index contributed by atoms with van der Waals surface area (Å²) in [6.07, 6.45) is 6.75. The van der Waals surface area contributed by atoms with Gasteiger partial charge in [-0.1, -0.05) is 19.3 Å². The van der Waals surface area contributed by atoms with Crippen LogP contribution in [0.1, 0.15) is 38.5 Å². The molecule has 1 saturated carbocycles. The molecule has 2 fully saturated rings. The van der Waals surface area contributed by atoms with E-state index in [0.717, 1.165) is 36.2 Å². The van der Waals surface area contributed by atoms with Gasteiger partial charge < -0.3 is 10.4 Å². The van der Waals surface area contributed by atoms with Gasteiger partial charge in [0.15, 0.2) is 0 Å². The van der Waals surface area contributed by atoms with E-state index in [2.05, 4.69) is 5.32 Å². The lowest BCUT2D eigenvalue weighted by atomic mass is 9.69. The fourth-order valence-electron chi connectivity index (χ4n) is 3.84. The van der Waals surface area contributed by atoms with Gasteiger partial charge in [-0.3, -0.25) is 9.59 Å². The van der Waals surface area contributed by atoms with Crippen molar-refractivity contribution in [1.29, 1.82) is 0 Å². The number of hydrogen-bond acceptors (Lipinski definition) is 5. The topological polar surface area (TPSA) is 104 Å². The molecular weight excluding hydrogens is 308 g/mol. The van der Waals surface area contributed by atoms with E-state index in [1.807, 2.05) is 0 Å². The first-order valence-corrected chi connectivity index (χ1v) is 9.58. The smallest absolute Gasteiger partial charge is 0.320 e. The quantitative estimate of drug-likeness (QED) is 0.683. The number of nitrogens with one attached hydrogen (secondary N) is 1. The average Bonchev–Trinajstić information content (AvgIpc) is 2.46. The largest absolute Gasteiger partial charge is 0.480 e. The Labute approximate surface area is 131 Å². The SMILES string of the molecule is CS(=O)(=O)N(C=O)CCC1NC(C(=O)O)CC2CCCCC21. The first-order chi connectivity index (χ1) is 10.3. The van der Waals surface area contributed by atoms with Crippen molar-refractivity contribution in [2.75, 3.05) is 12.8 Å². The maximum Gasteiger partial charge on any atom is 0.320 e. The Morgan fingerprint density at radius 2 is 2.05 bits per heavy atom. The highest BCUT2D eigenvalue weighted by Crippen LogP contribution is 2.39. The number of carboxylic acid groups (broad SMARTS) is 1. The van der Waals surface area contributed by atoms with Crippen LogP contribution >= 0.6 is 0 Å². The van der Waals surface area contributed by atoms with Gasteiger partial charge in [0.1, 0.15) is 6.04 Å². The zero-order valence-corrected chi connectivity index (χ0v) is 13.6. The van der Waals surface area contributed by atoms with Crippen molar-refractivity contribution in [2.45, 2.75) is 50.6 Å². The molecule has 126 valence electrons. The lowest BCUT2D eigenvalue weighted by molar-refractivity contribution is -0.142. The Bertz CT molecular complexity index is 521. The summed E-state index contributed by atoms with van der Waals surface area (Å²) in [5.41, 5.74) is 0. The Balaban J connectivity index is 2.05. The van der Waals surface area contributed by atoms with Crippen LogP contribution in [0.2, 0.25) is 0 Å². The van der Waals surface area contributed by atoms with Crippen LogP contribution in [-0.2, 0) is 19.6 Å². The summed E-state index contributed by atoms with van der Waals surface area (Å²) in [4.78, 5) is 22.2. The number of carbonyl (C=O) groups excluding carboxylic acids is 1. The van der Waals surface area contributed by atoms with E-state index in [1.165, 1.54) is 0 Å². The summed E-state index contributed by atoms with van der Waals surface area (Å²) in [5, 5.41) is 12.4. The molecule has 0 spiro atoms. The first-order valence-electron chi connectivity index (χ1n) is 7.74. The van der Waals surface area contributed by atoms with Crippen molar-refractivity contribution in [3.8, 4) is 0 Å².